The van der Waals surface area contributed by atoms with Gasteiger partial charge < -0.3 is 19.5 Å². The zero-order valence-electron chi connectivity index (χ0n) is 13.2. The monoisotopic (exact) mass is 327 g/mol. The van der Waals surface area contributed by atoms with Crippen molar-refractivity contribution >= 4 is 17.6 Å². The lowest BCUT2D eigenvalue weighted by Crippen LogP contribution is -2.40. The van der Waals surface area contributed by atoms with Crippen LogP contribution in [-0.4, -0.2) is 31.2 Å². The molecule has 2 aromatic rings. The maximum Gasteiger partial charge on any atom is 0.340 e. The largest absolute Gasteiger partial charge is 0.485 e. The third-order valence-electron chi connectivity index (χ3n) is 3.48. The van der Waals surface area contributed by atoms with E-state index in [0.717, 1.165) is 0 Å². The second-order valence-electron chi connectivity index (χ2n) is 5.12. The van der Waals surface area contributed by atoms with E-state index in [0.29, 0.717) is 22.7 Å². The number of ether oxygens (including phenoxy) is 3. The van der Waals surface area contributed by atoms with Crippen molar-refractivity contribution in [2.75, 3.05) is 18.5 Å². The number of esters is 1. The number of hydrogen-bond donors (Lipinski definition) is 1. The maximum atomic E-state index is 12.4. The van der Waals surface area contributed by atoms with Gasteiger partial charge >= 0.3 is 5.97 Å². The first kappa shape index (κ1) is 15.9. The van der Waals surface area contributed by atoms with E-state index in [1.165, 1.54) is 0 Å². The summed E-state index contributed by atoms with van der Waals surface area (Å²) in [4.78, 5) is 24.4. The molecule has 124 valence electrons. The van der Waals surface area contributed by atoms with Crippen LogP contribution in [0.5, 0.6) is 11.5 Å². The molecule has 1 aliphatic rings. The van der Waals surface area contributed by atoms with Crippen molar-refractivity contribution in [2.24, 2.45) is 0 Å². The molecule has 0 fully saturated rings. The molecule has 0 saturated heterocycles. The summed E-state index contributed by atoms with van der Waals surface area (Å²) < 4.78 is 16.2. The molecule has 0 spiro atoms. The number of amides is 1. The van der Waals surface area contributed by atoms with Gasteiger partial charge in [0.05, 0.1) is 17.9 Å². The second kappa shape index (κ2) is 7.04. The zero-order chi connectivity index (χ0) is 16.9. The molecule has 1 atom stereocenters. The van der Waals surface area contributed by atoms with Gasteiger partial charge in [-0.2, -0.15) is 0 Å². The van der Waals surface area contributed by atoms with Crippen LogP contribution < -0.4 is 14.8 Å². The highest BCUT2D eigenvalue weighted by atomic mass is 16.6. The third-order valence-corrected chi connectivity index (χ3v) is 3.48. The first-order valence-electron chi connectivity index (χ1n) is 7.64. The molecule has 1 heterocycles. The normalized spacial score (nSPS) is 15.5. The standard InChI is InChI=1S/C18H17NO5/c1-2-22-18(21)12-7-3-4-8-13(12)19-17(20)16-11-23-14-9-5-6-10-15(14)24-16/h3-10,16H,2,11H2,1H3,(H,19,20)/t16-/m0/s1. The number of benzene rings is 2. The summed E-state index contributed by atoms with van der Waals surface area (Å²) in [5.74, 6) is 0.247. The molecule has 0 bridgehead atoms. The molecular formula is C18H17NO5. The molecule has 1 N–H and O–H groups in total. The smallest absolute Gasteiger partial charge is 0.340 e. The molecule has 0 aliphatic carbocycles. The SMILES string of the molecule is CCOC(=O)c1ccccc1NC(=O)[C@@H]1COc2ccccc2O1. The highest BCUT2D eigenvalue weighted by Crippen LogP contribution is 2.31. The summed E-state index contributed by atoms with van der Waals surface area (Å²) in [6, 6.07) is 13.8. The summed E-state index contributed by atoms with van der Waals surface area (Å²) in [6.45, 7) is 2.09. The number of carbonyl (C=O) groups is 2. The summed E-state index contributed by atoms with van der Waals surface area (Å²) in [5, 5.41) is 2.71. The van der Waals surface area contributed by atoms with E-state index in [1.807, 2.05) is 6.07 Å². The summed E-state index contributed by atoms with van der Waals surface area (Å²) in [7, 11) is 0. The number of fused-ring (bicyclic) bond motifs is 1. The van der Waals surface area contributed by atoms with Crippen molar-refractivity contribution in [3.05, 3.63) is 54.1 Å². The first-order valence-corrected chi connectivity index (χ1v) is 7.64. The highest BCUT2D eigenvalue weighted by molar-refractivity contribution is 6.02. The quantitative estimate of drug-likeness (QED) is 0.874. The Kier molecular flexibility index (Phi) is 4.65. The molecule has 6 nitrogen and oxygen atoms in total. The van der Waals surface area contributed by atoms with Crippen LogP contribution in [-0.2, 0) is 9.53 Å². The average Bonchev–Trinajstić information content (AvgIpc) is 2.62. The van der Waals surface area contributed by atoms with Gasteiger partial charge in [-0.15, -0.1) is 0 Å². The fraction of sp³-hybridized carbons (Fsp3) is 0.222. The highest BCUT2D eigenvalue weighted by Gasteiger charge is 2.28. The fourth-order valence-electron chi connectivity index (χ4n) is 2.34. The van der Waals surface area contributed by atoms with E-state index in [1.54, 1.807) is 49.4 Å². The summed E-state index contributed by atoms with van der Waals surface area (Å²) >= 11 is 0. The van der Waals surface area contributed by atoms with E-state index >= 15 is 0 Å². The minimum absolute atomic E-state index is 0.102. The van der Waals surface area contributed by atoms with Crippen LogP contribution in [0.1, 0.15) is 17.3 Å². The summed E-state index contributed by atoms with van der Waals surface area (Å²) in [5.41, 5.74) is 0.674. The Hall–Kier alpha value is -3.02. The Balaban J connectivity index is 1.73. The lowest BCUT2D eigenvalue weighted by Gasteiger charge is -2.25. The van der Waals surface area contributed by atoms with Gasteiger partial charge in [-0.25, -0.2) is 4.79 Å². The van der Waals surface area contributed by atoms with Crippen LogP contribution >= 0.6 is 0 Å². The lowest BCUT2D eigenvalue weighted by molar-refractivity contribution is -0.125. The zero-order valence-corrected chi connectivity index (χ0v) is 13.2. The van der Waals surface area contributed by atoms with E-state index in [-0.39, 0.29) is 19.1 Å². The van der Waals surface area contributed by atoms with Gasteiger partial charge in [0, 0.05) is 0 Å². The molecule has 0 radical (unpaired) electrons. The molecule has 3 rings (SSSR count). The van der Waals surface area contributed by atoms with Crippen LogP contribution in [0, 0.1) is 0 Å². The number of carbonyl (C=O) groups excluding carboxylic acids is 2. The lowest BCUT2D eigenvalue weighted by atomic mass is 10.1. The van der Waals surface area contributed by atoms with Crippen LogP contribution in [0.15, 0.2) is 48.5 Å². The number of rotatable bonds is 4. The molecule has 2 aromatic carbocycles. The van der Waals surface area contributed by atoms with E-state index < -0.39 is 12.1 Å². The van der Waals surface area contributed by atoms with Crippen LogP contribution in [0.25, 0.3) is 0 Å². The Morgan fingerprint density at radius 3 is 2.62 bits per heavy atom. The van der Waals surface area contributed by atoms with Crippen molar-refractivity contribution in [2.45, 2.75) is 13.0 Å². The molecule has 0 saturated carbocycles. The third kappa shape index (κ3) is 3.32. The van der Waals surface area contributed by atoms with Crippen molar-refractivity contribution in [1.82, 2.24) is 0 Å². The van der Waals surface area contributed by atoms with Gasteiger partial charge in [0.1, 0.15) is 6.61 Å². The number of hydrogen-bond acceptors (Lipinski definition) is 5. The molecule has 0 aromatic heterocycles. The van der Waals surface area contributed by atoms with Crippen molar-refractivity contribution < 1.29 is 23.8 Å². The van der Waals surface area contributed by atoms with Crippen LogP contribution in [0.3, 0.4) is 0 Å². The van der Waals surface area contributed by atoms with Gasteiger partial charge in [-0.3, -0.25) is 4.79 Å². The Bertz CT molecular complexity index is 759. The second-order valence-corrected chi connectivity index (χ2v) is 5.12. The van der Waals surface area contributed by atoms with E-state index in [9.17, 15) is 9.59 Å². The Labute approximate surface area is 139 Å². The molecule has 1 aliphatic heterocycles. The average molecular weight is 327 g/mol. The van der Waals surface area contributed by atoms with Crippen LogP contribution in [0.2, 0.25) is 0 Å². The first-order chi connectivity index (χ1) is 11.7. The van der Waals surface area contributed by atoms with E-state index in [2.05, 4.69) is 5.32 Å². The predicted molar refractivity (Wildman–Crippen MR) is 87.4 cm³/mol. The Morgan fingerprint density at radius 2 is 1.83 bits per heavy atom. The molecular weight excluding hydrogens is 310 g/mol. The molecule has 0 unspecified atom stereocenters. The molecule has 1 amide bonds. The van der Waals surface area contributed by atoms with Gasteiger partial charge in [0.15, 0.2) is 11.5 Å². The minimum atomic E-state index is -0.796. The molecule has 6 heteroatoms. The fourth-order valence-corrected chi connectivity index (χ4v) is 2.34. The van der Waals surface area contributed by atoms with Gasteiger partial charge in [0.25, 0.3) is 5.91 Å². The van der Waals surface area contributed by atoms with Crippen molar-refractivity contribution in [3.63, 3.8) is 0 Å². The van der Waals surface area contributed by atoms with E-state index in [4.69, 9.17) is 14.2 Å². The number of para-hydroxylation sites is 3. The number of nitrogens with one attached hydrogen (secondary N) is 1. The van der Waals surface area contributed by atoms with Gasteiger partial charge in [-0.1, -0.05) is 24.3 Å². The predicted octanol–water partition coefficient (Wildman–Crippen LogP) is 2.64. The topological polar surface area (TPSA) is 73.9 Å². The minimum Gasteiger partial charge on any atom is -0.485 e. The van der Waals surface area contributed by atoms with Crippen LogP contribution in [0.4, 0.5) is 5.69 Å². The summed E-state index contributed by atoms with van der Waals surface area (Å²) in [6.07, 6.45) is -0.796. The van der Waals surface area contributed by atoms with Gasteiger partial charge in [-0.05, 0) is 31.2 Å². The molecule has 24 heavy (non-hydrogen) atoms. The Morgan fingerprint density at radius 1 is 1.12 bits per heavy atom. The van der Waals surface area contributed by atoms with Crippen molar-refractivity contribution in [1.29, 1.82) is 0 Å². The van der Waals surface area contributed by atoms with Gasteiger partial charge in [0.2, 0.25) is 6.10 Å². The number of anilines is 1. The van der Waals surface area contributed by atoms with Crippen molar-refractivity contribution in [3.8, 4) is 11.5 Å². The maximum absolute atomic E-state index is 12.4.